The molecule has 21 heavy (non-hydrogen) atoms. The molecule has 0 aliphatic carbocycles. The molecule has 0 radical (unpaired) electrons. The smallest absolute Gasteiger partial charge is 0.127 e. The van der Waals surface area contributed by atoms with Crippen molar-refractivity contribution in [1.29, 1.82) is 0 Å². The monoisotopic (exact) mass is 305 g/mol. The first-order valence-electron chi connectivity index (χ1n) is 7.46. The van der Waals surface area contributed by atoms with Crippen molar-refractivity contribution in [2.75, 3.05) is 26.4 Å². The summed E-state index contributed by atoms with van der Waals surface area (Å²) in [7, 11) is 0. The number of halogens is 1. The van der Waals surface area contributed by atoms with Gasteiger partial charge in [0.25, 0.3) is 0 Å². The molecule has 2 aromatic carbocycles. The summed E-state index contributed by atoms with van der Waals surface area (Å²) in [4.78, 5) is 0. The van der Waals surface area contributed by atoms with E-state index in [4.69, 9.17) is 21.1 Å². The summed E-state index contributed by atoms with van der Waals surface area (Å²) in [6.07, 6.45) is 2.17. The molecule has 1 N–H and O–H groups in total. The fraction of sp³-hybridized carbons (Fsp3) is 0.412. The van der Waals surface area contributed by atoms with Gasteiger partial charge in [0.2, 0.25) is 0 Å². The molecule has 1 aliphatic rings. The number of fused-ring (bicyclic) bond motifs is 1. The Bertz CT molecular complexity index is 596. The maximum absolute atomic E-state index is 6.21. The largest absolute Gasteiger partial charge is 0.492 e. The maximum atomic E-state index is 6.21. The molecule has 0 bridgehead atoms. The van der Waals surface area contributed by atoms with Gasteiger partial charge in [-0.2, -0.15) is 0 Å². The Morgan fingerprint density at radius 3 is 2.67 bits per heavy atom. The fourth-order valence-electron chi connectivity index (χ4n) is 2.69. The molecule has 1 fully saturated rings. The van der Waals surface area contributed by atoms with Crippen LogP contribution in [0.2, 0.25) is 5.02 Å². The van der Waals surface area contributed by atoms with Gasteiger partial charge >= 0.3 is 0 Å². The zero-order chi connectivity index (χ0) is 14.5. The predicted octanol–water partition coefficient (Wildman–Crippen LogP) is 3.64. The number of ether oxygens (including phenoxy) is 2. The first-order chi connectivity index (χ1) is 10.3. The second-order valence-electron chi connectivity index (χ2n) is 5.28. The Morgan fingerprint density at radius 2 is 1.86 bits per heavy atom. The van der Waals surface area contributed by atoms with Crippen LogP contribution in [0.1, 0.15) is 12.8 Å². The molecule has 2 aromatic rings. The third-order valence-electron chi connectivity index (χ3n) is 3.84. The van der Waals surface area contributed by atoms with Crippen molar-refractivity contribution >= 4 is 22.4 Å². The van der Waals surface area contributed by atoms with Crippen molar-refractivity contribution in [2.24, 2.45) is 0 Å². The second kappa shape index (κ2) is 7.12. The number of rotatable bonds is 5. The van der Waals surface area contributed by atoms with E-state index in [0.29, 0.717) is 12.6 Å². The van der Waals surface area contributed by atoms with Crippen LogP contribution in [0, 0.1) is 0 Å². The van der Waals surface area contributed by atoms with Crippen molar-refractivity contribution in [3.63, 3.8) is 0 Å². The lowest BCUT2D eigenvalue weighted by atomic mass is 10.1. The van der Waals surface area contributed by atoms with Gasteiger partial charge in [-0.3, -0.25) is 0 Å². The third kappa shape index (κ3) is 3.67. The number of nitrogens with one attached hydrogen (secondary N) is 1. The van der Waals surface area contributed by atoms with E-state index < -0.39 is 0 Å². The molecule has 0 spiro atoms. The molecule has 3 nitrogen and oxygen atoms in total. The Labute approximate surface area is 130 Å². The van der Waals surface area contributed by atoms with Crippen LogP contribution in [0.4, 0.5) is 0 Å². The molecular formula is C17H20ClNO2. The lowest BCUT2D eigenvalue weighted by Crippen LogP contribution is -2.37. The van der Waals surface area contributed by atoms with Crippen LogP contribution in [0.25, 0.3) is 10.8 Å². The molecule has 3 rings (SSSR count). The topological polar surface area (TPSA) is 30.5 Å². The summed E-state index contributed by atoms with van der Waals surface area (Å²) in [6, 6.07) is 12.5. The predicted molar refractivity (Wildman–Crippen MR) is 86.3 cm³/mol. The van der Waals surface area contributed by atoms with E-state index in [9.17, 15) is 0 Å². The summed E-state index contributed by atoms with van der Waals surface area (Å²) >= 11 is 6.21. The van der Waals surface area contributed by atoms with Gasteiger partial charge in [-0.25, -0.2) is 0 Å². The van der Waals surface area contributed by atoms with Gasteiger partial charge in [0.1, 0.15) is 12.4 Å². The first kappa shape index (κ1) is 14.6. The van der Waals surface area contributed by atoms with Gasteiger partial charge in [0, 0.05) is 41.6 Å². The van der Waals surface area contributed by atoms with Gasteiger partial charge < -0.3 is 14.8 Å². The van der Waals surface area contributed by atoms with E-state index in [1.165, 1.54) is 0 Å². The average molecular weight is 306 g/mol. The fourth-order valence-corrected chi connectivity index (χ4v) is 2.91. The minimum atomic E-state index is 0.560. The molecule has 0 atom stereocenters. The van der Waals surface area contributed by atoms with Gasteiger partial charge in [0.05, 0.1) is 0 Å². The normalized spacial score (nSPS) is 16.2. The van der Waals surface area contributed by atoms with Crippen LogP contribution in [0.5, 0.6) is 5.75 Å². The minimum absolute atomic E-state index is 0.560. The van der Waals surface area contributed by atoms with Crippen LogP contribution >= 0.6 is 11.6 Å². The summed E-state index contributed by atoms with van der Waals surface area (Å²) in [5, 5.41) is 6.38. The van der Waals surface area contributed by atoms with Crippen LogP contribution < -0.4 is 10.1 Å². The third-order valence-corrected chi connectivity index (χ3v) is 4.17. The van der Waals surface area contributed by atoms with Crippen LogP contribution in [0.3, 0.4) is 0 Å². The lowest BCUT2D eigenvalue weighted by Gasteiger charge is -2.23. The standard InChI is InChI=1S/C17H20ClNO2/c18-16-5-6-17(15-4-2-1-3-14(15)16)21-12-9-19-13-7-10-20-11-8-13/h1-6,13,19H,7-12H2. The molecule has 1 heterocycles. The van der Waals surface area contributed by atoms with Crippen molar-refractivity contribution in [3.05, 3.63) is 41.4 Å². The molecule has 0 aromatic heterocycles. The lowest BCUT2D eigenvalue weighted by molar-refractivity contribution is 0.0770. The van der Waals surface area contributed by atoms with Crippen molar-refractivity contribution in [2.45, 2.75) is 18.9 Å². The Morgan fingerprint density at radius 1 is 1.10 bits per heavy atom. The van der Waals surface area contributed by atoms with Crippen molar-refractivity contribution in [1.82, 2.24) is 5.32 Å². The number of benzene rings is 2. The van der Waals surface area contributed by atoms with E-state index in [1.54, 1.807) is 0 Å². The highest BCUT2D eigenvalue weighted by molar-refractivity contribution is 6.35. The van der Waals surface area contributed by atoms with E-state index in [2.05, 4.69) is 5.32 Å². The molecule has 1 saturated heterocycles. The maximum Gasteiger partial charge on any atom is 0.127 e. The van der Waals surface area contributed by atoms with Gasteiger partial charge in [-0.05, 0) is 25.0 Å². The van der Waals surface area contributed by atoms with Crippen LogP contribution in [0.15, 0.2) is 36.4 Å². The molecule has 0 amide bonds. The zero-order valence-electron chi connectivity index (χ0n) is 12.0. The molecule has 0 unspecified atom stereocenters. The SMILES string of the molecule is Clc1ccc(OCCNC2CCOCC2)c2ccccc12. The Balaban J connectivity index is 1.57. The van der Waals surface area contributed by atoms with E-state index >= 15 is 0 Å². The zero-order valence-corrected chi connectivity index (χ0v) is 12.7. The first-order valence-corrected chi connectivity index (χ1v) is 7.83. The van der Waals surface area contributed by atoms with Crippen LogP contribution in [-0.2, 0) is 4.74 Å². The van der Waals surface area contributed by atoms with Gasteiger partial charge in [0.15, 0.2) is 0 Å². The van der Waals surface area contributed by atoms with Crippen LogP contribution in [-0.4, -0.2) is 32.4 Å². The van der Waals surface area contributed by atoms with Crippen molar-refractivity contribution < 1.29 is 9.47 Å². The van der Waals surface area contributed by atoms with E-state index in [1.807, 2.05) is 36.4 Å². The highest BCUT2D eigenvalue weighted by Crippen LogP contribution is 2.31. The molecular weight excluding hydrogens is 286 g/mol. The molecule has 112 valence electrons. The Hall–Kier alpha value is -1.29. The summed E-state index contributed by atoms with van der Waals surface area (Å²) < 4.78 is 11.3. The Kier molecular flexibility index (Phi) is 4.96. The quantitative estimate of drug-likeness (QED) is 0.856. The van der Waals surface area contributed by atoms with Gasteiger partial charge in [-0.15, -0.1) is 0 Å². The summed E-state index contributed by atoms with van der Waals surface area (Å²) in [5.74, 6) is 0.892. The van der Waals surface area contributed by atoms with Gasteiger partial charge in [-0.1, -0.05) is 35.9 Å². The minimum Gasteiger partial charge on any atom is -0.492 e. The summed E-state index contributed by atoms with van der Waals surface area (Å²) in [6.45, 7) is 3.23. The molecule has 0 saturated carbocycles. The molecule has 4 heteroatoms. The van der Waals surface area contributed by atoms with E-state index in [0.717, 1.165) is 54.1 Å². The summed E-state index contributed by atoms with van der Waals surface area (Å²) in [5.41, 5.74) is 0. The average Bonchev–Trinajstić information content (AvgIpc) is 2.55. The van der Waals surface area contributed by atoms with Crippen molar-refractivity contribution in [3.8, 4) is 5.75 Å². The number of hydrogen-bond acceptors (Lipinski definition) is 3. The number of hydrogen-bond donors (Lipinski definition) is 1. The highest BCUT2D eigenvalue weighted by Gasteiger charge is 2.12. The van der Waals surface area contributed by atoms with E-state index in [-0.39, 0.29) is 0 Å². The second-order valence-corrected chi connectivity index (χ2v) is 5.69. The molecule has 1 aliphatic heterocycles. The highest BCUT2D eigenvalue weighted by atomic mass is 35.5.